The monoisotopic (exact) mass is 415 g/mol. The van der Waals surface area contributed by atoms with Crippen molar-refractivity contribution in [2.75, 3.05) is 33.3 Å². The SMILES string of the molecule is CCc1[nH]c(C(=O)N2CCN(C(=O)C=Cc3cccs3)CC2)c(C)c1C(=O)OC. The number of carbonyl (C=O) groups excluding carboxylic acids is 3. The summed E-state index contributed by atoms with van der Waals surface area (Å²) in [5, 5.41) is 1.96. The van der Waals surface area contributed by atoms with Gasteiger partial charge in [0, 0.05) is 42.8 Å². The van der Waals surface area contributed by atoms with E-state index in [9.17, 15) is 14.4 Å². The Morgan fingerprint density at radius 1 is 1.21 bits per heavy atom. The number of H-pyrrole nitrogens is 1. The first-order valence-corrected chi connectivity index (χ1v) is 10.4. The molecule has 3 rings (SSSR count). The number of nitrogens with one attached hydrogen (secondary N) is 1. The Hall–Kier alpha value is -2.87. The van der Waals surface area contributed by atoms with Crippen molar-refractivity contribution in [3.63, 3.8) is 0 Å². The Labute approximate surface area is 174 Å². The van der Waals surface area contributed by atoms with Gasteiger partial charge in [0.25, 0.3) is 5.91 Å². The van der Waals surface area contributed by atoms with Crippen molar-refractivity contribution in [1.29, 1.82) is 0 Å². The number of hydrogen-bond acceptors (Lipinski definition) is 5. The average molecular weight is 416 g/mol. The van der Waals surface area contributed by atoms with Gasteiger partial charge in [0.05, 0.1) is 12.7 Å². The molecule has 1 N–H and O–H groups in total. The third-order valence-electron chi connectivity index (χ3n) is 5.10. The van der Waals surface area contributed by atoms with Gasteiger partial charge in [-0.1, -0.05) is 13.0 Å². The van der Waals surface area contributed by atoms with Crippen LogP contribution in [0.3, 0.4) is 0 Å². The second-order valence-corrected chi connectivity index (χ2v) is 7.77. The maximum absolute atomic E-state index is 13.0. The Morgan fingerprint density at radius 2 is 1.90 bits per heavy atom. The summed E-state index contributed by atoms with van der Waals surface area (Å²) in [5.74, 6) is -0.654. The van der Waals surface area contributed by atoms with Crippen LogP contribution >= 0.6 is 11.3 Å². The molecule has 2 aromatic heterocycles. The van der Waals surface area contributed by atoms with Crippen LogP contribution in [0.15, 0.2) is 23.6 Å². The van der Waals surface area contributed by atoms with Gasteiger partial charge in [0.1, 0.15) is 5.69 Å². The van der Waals surface area contributed by atoms with E-state index >= 15 is 0 Å². The number of aryl methyl sites for hydroxylation is 1. The molecule has 1 aliphatic heterocycles. The number of ether oxygens (including phenoxy) is 1. The highest BCUT2D eigenvalue weighted by Crippen LogP contribution is 2.22. The minimum atomic E-state index is -0.442. The molecule has 0 radical (unpaired) electrons. The van der Waals surface area contributed by atoms with Gasteiger partial charge in [0.2, 0.25) is 5.91 Å². The first kappa shape index (κ1) is 20.9. The van der Waals surface area contributed by atoms with Gasteiger partial charge in [-0.05, 0) is 36.4 Å². The molecule has 0 aromatic carbocycles. The highest BCUT2D eigenvalue weighted by molar-refractivity contribution is 7.10. The maximum Gasteiger partial charge on any atom is 0.339 e. The smallest absolute Gasteiger partial charge is 0.339 e. The molecule has 8 heteroatoms. The summed E-state index contributed by atoms with van der Waals surface area (Å²) >= 11 is 1.58. The minimum absolute atomic E-state index is 0.0530. The van der Waals surface area contributed by atoms with Crippen LogP contribution in [0.25, 0.3) is 6.08 Å². The molecule has 2 amide bonds. The topological polar surface area (TPSA) is 82.7 Å². The fourth-order valence-electron chi connectivity index (χ4n) is 3.45. The lowest BCUT2D eigenvalue weighted by atomic mass is 10.1. The molecule has 0 bridgehead atoms. The van der Waals surface area contributed by atoms with Gasteiger partial charge in [-0.3, -0.25) is 9.59 Å². The number of methoxy groups -OCH3 is 1. The molecule has 1 fully saturated rings. The quantitative estimate of drug-likeness (QED) is 0.601. The molecular weight excluding hydrogens is 390 g/mol. The first-order valence-electron chi connectivity index (χ1n) is 9.55. The van der Waals surface area contributed by atoms with Crippen LogP contribution in [-0.4, -0.2) is 65.9 Å². The number of thiophene rings is 1. The Kier molecular flexibility index (Phi) is 6.53. The number of esters is 1. The third-order valence-corrected chi connectivity index (χ3v) is 5.93. The first-order chi connectivity index (χ1) is 14.0. The van der Waals surface area contributed by atoms with Gasteiger partial charge in [-0.2, -0.15) is 0 Å². The molecule has 0 saturated carbocycles. The van der Waals surface area contributed by atoms with Gasteiger partial charge in [-0.15, -0.1) is 11.3 Å². The molecule has 1 aliphatic rings. The summed E-state index contributed by atoms with van der Waals surface area (Å²) in [7, 11) is 1.33. The summed E-state index contributed by atoms with van der Waals surface area (Å²) < 4.78 is 4.85. The standard InChI is InChI=1S/C21H25N3O4S/c1-4-16-18(21(27)28-3)14(2)19(22-16)20(26)24-11-9-23(10-12-24)17(25)8-7-15-6-5-13-29-15/h5-8,13,22H,4,9-12H2,1-3H3. The van der Waals surface area contributed by atoms with E-state index in [1.165, 1.54) is 7.11 Å². The van der Waals surface area contributed by atoms with Crippen LogP contribution in [0, 0.1) is 6.92 Å². The van der Waals surface area contributed by atoms with Crippen molar-refractivity contribution >= 4 is 35.2 Å². The highest BCUT2D eigenvalue weighted by atomic mass is 32.1. The van der Waals surface area contributed by atoms with Crippen molar-refractivity contribution in [2.24, 2.45) is 0 Å². The Balaban J connectivity index is 1.65. The van der Waals surface area contributed by atoms with Crippen molar-refractivity contribution in [3.05, 3.63) is 51.0 Å². The number of aromatic nitrogens is 1. The summed E-state index contributed by atoms with van der Waals surface area (Å²) in [6.45, 7) is 5.52. The van der Waals surface area contributed by atoms with E-state index in [-0.39, 0.29) is 11.8 Å². The summed E-state index contributed by atoms with van der Waals surface area (Å²) in [6.07, 6.45) is 3.99. The zero-order chi connectivity index (χ0) is 21.0. The summed E-state index contributed by atoms with van der Waals surface area (Å²) in [4.78, 5) is 45.0. The molecule has 0 aliphatic carbocycles. The van der Waals surface area contributed by atoms with Crippen LogP contribution in [-0.2, 0) is 16.0 Å². The zero-order valence-corrected chi connectivity index (χ0v) is 17.7. The lowest BCUT2D eigenvalue weighted by Gasteiger charge is -2.34. The van der Waals surface area contributed by atoms with E-state index in [1.54, 1.807) is 34.1 Å². The number of amides is 2. The van der Waals surface area contributed by atoms with Crippen LogP contribution in [0.1, 0.15) is 43.9 Å². The predicted molar refractivity (Wildman–Crippen MR) is 112 cm³/mol. The molecule has 3 heterocycles. The fourth-order valence-corrected chi connectivity index (χ4v) is 4.07. The molecule has 154 valence electrons. The second kappa shape index (κ2) is 9.09. The minimum Gasteiger partial charge on any atom is -0.465 e. The van der Waals surface area contributed by atoms with Crippen molar-refractivity contribution in [2.45, 2.75) is 20.3 Å². The molecular formula is C21H25N3O4S. The molecule has 29 heavy (non-hydrogen) atoms. The number of hydrogen-bond donors (Lipinski definition) is 1. The highest BCUT2D eigenvalue weighted by Gasteiger charge is 2.29. The van der Waals surface area contributed by atoms with E-state index in [1.807, 2.05) is 30.5 Å². The lowest BCUT2D eigenvalue weighted by molar-refractivity contribution is -0.127. The molecule has 7 nitrogen and oxygen atoms in total. The van der Waals surface area contributed by atoms with E-state index in [0.717, 1.165) is 4.88 Å². The van der Waals surface area contributed by atoms with E-state index in [4.69, 9.17) is 4.74 Å². The fraction of sp³-hybridized carbons (Fsp3) is 0.381. The van der Waals surface area contributed by atoms with Gasteiger partial charge in [0.15, 0.2) is 0 Å². The number of rotatable bonds is 5. The van der Waals surface area contributed by atoms with Gasteiger partial charge in [-0.25, -0.2) is 4.79 Å². The zero-order valence-electron chi connectivity index (χ0n) is 16.9. The normalized spacial score (nSPS) is 14.4. The lowest BCUT2D eigenvalue weighted by Crippen LogP contribution is -2.50. The van der Waals surface area contributed by atoms with Gasteiger partial charge >= 0.3 is 5.97 Å². The van der Waals surface area contributed by atoms with Crippen molar-refractivity contribution < 1.29 is 19.1 Å². The second-order valence-electron chi connectivity index (χ2n) is 6.79. The van der Waals surface area contributed by atoms with Crippen molar-refractivity contribution in [3.8, 4) is 0 Å². The largest absolute Gasteiger partial charge is 0.465 e. The summed E-state index contributed by atoms with van der Waals surface area (Å²) in [5.41, 5.74) is 2.16. The van der Waals surface area contributed by atoms with E-state index in [2.05, 4.69) is 4.98 Å². The Bertz CT molecular complexity index is 922. The number of aromatic amines is 1. The number of piperazine rings is 1. The number of carbonyl (C=O) groups is 3. The third kappa shape index (κ3) is 4.42. The summed E-state index contributed by atoms with van der Waals surface area (Å²) in [6, 6.07) is 3.90. The van der Waals surface area contributed by atoms with Crippen LogP contribution in [0.2, 0.25) is 0 Å². The Morgan fingerprint density at radius 3 is 2.48 bits per heavy atom. The molecule has 0 unspecified atom stereocenters. The molecule has 0 atom stereocenters. The van der Waals surface area contributed by atoms with Crippen molar-refractivity contribution in [1.82, 2.24) is 14.8 Å². The van der Waals surface area contributed by atoms with E-state index < -0.39 is 5.97 Å². The van der Waals surface area contributed by atoms with Crippen LogP contribution in [0.4, 0.5) is 0 Å². The molecule has 2 aromatic rings. The average Bonchev–Trinajstić information content (AvgIpc) is 3.38. The van der Waals surface area contributed by atoms with E-state index in [0.29, 0.717) is 55.1 Å². The van der Waals surface area contributed by atoms with Gasteiger partial charge < -0.3 is 19.5 Å². The molecule has 0 spiro atoms. The number of nitrogens with zero attached hydrogens (tertiary/aromatic N) is 2. The predicted octanol–water partition coefficient (Wildman–Crippen LogP) is 2.73. The van der Waals surface area contributed by atoms with Crippen LogP contribution < -0.4 is 0 Å². The molecule has 1 saturated heterocycles. The van der Waals surface area contributed by atoms with Crippen LogP contribution in [0.5, 0.6) is 0 Å². The maximum atomic E-state index is 13.0.